The Bertz CT molecular complexity index is 188. The van der Waals surface area contributed by atoms with Crippen LogP contribution in [-0.4, -0.2) is 22.5 Å². The quantitative estimate of drug-likeness (QED) is 0.347. The van der Waals surface area contributed by atoms with Crippen molar-refractivity contribution in [3.63, 3.8) is 0 Å². The average Bonchev–Trinajstić information content (AvgIpc) is 2.10. The second-order valence-corrected chi connectivity index (χ2v) is 6.60. The monoisotopic (exact) mass is 262 g/mol. The van der Waals surface area contributed by atoms with E-state index >= 15 is 0 Å². The lowest BCUT2D eigenvalue weighted by atomic mass is 9.93. The molecule has 0 aliphatic heterocycles. The van der Waals surface area contributed by atoms with Gasteiger partial charge in [0.25, 0.3) is 0 Å². The zero-order valence-corrected chi connectivity index (χ0v) is 12.8. The maximum Gasteiger partial charge on any atom is 0.150 e. The molecule has 4 nitrogen and oxygen atoms in total. The summed E-state index contributed by atoms with van der Waals surface area (Å²) in [5.74, 6) is 0. The van der Waals surface area contributed by atoms with Gasteiger partial charge in [-0.05, 0) is 46.8 Å². The normalized spacial score (nSPS) is 11.7. The third-order valence-corrected chi connectivity index (χ3v) is 2.55. The molecule has 104 valence electrons. The van der Waals surface area contributed by atoms with Crippen molar-refractivity contribution in [2.24, 2.45) is 17.2 Å². The first-order valence-electron chi connectivity index (χ1n) is 5.94. The molecule has 17 heavy (non-hydrogen) atoms. The Morgan fingerprint density at radius 2 is 1.24 bits per heavy atom. The number of nitrogens with two attached hydrogens (primary N) is 3. The summed E-state index contributed by atoms with van der Waals surface area (Å²) in [5, 5.41) is 6.66. The van der Waals surface area contributed by atoms with E-state index in [1.807, 2.05) is 0 Å². The molecule has 0 fully saturated rings. The largest absolute Gasteiger partial charge is 0.379 e. The Morgan fingerprint density at radius 1 is 1.00 bits per heavy atom. The molecule has 0 rings (SSSR count). The van der Waals surface area contributed by atoms with Crippen LogP contribution >= 0.6 is 11.8 Å². The standard InChI is InChI=1S/C10H24N2.C2H6N2S/c1-9(2,11)7-5-6-8-10(3,4)12;1-5-2(3)4/h5-8,11-12H2,1-4H3;1H3,(H3,3,4). The Labute approximate surface area is 111 Å². The van der Waals surface area contributed by atoms with Crippen LogP contribution in [0.4, 0.5) is 0 Å². The smallest absolute Gasteiger partial charge is 0.150 e. The fraction of sp³-hybridized carbons (Fsp3) is 0.917. The lowest BCUT2D eigenvalue weighted by Crippen LogP contribution is -2.33. The molecular weight excluding hydrogens is 232 g/mol. The molecule has 0 atom stereocenters. The summed E-state index contributed by atoms with van der Waals surface area (Å²) in [7, 11) is 0. The van der Waals surface area contributed by atoms with Crippen LogP contribution in [0, 0.1) is 5.41 Å². The average molecular weight is 262 g/mol. The molecular formula is C12H30N4S. The fourth-order valence-electron chi connectivity index (χ4n) is 1.16. The summed E-state index contributed by atoms with van der Waals surface area (Å²) >= 11 is 1.24. The van der Waals surface area contributed by atoms with Crippen LogP contribution in [0.2, 0.25) is 0 Å². The van der Waals surface area contributed by atoms with Crippen molar-refractivity contribution in [3.05, 3.63) is 0 Å². The minimum absolute atomic E-state index is 0.0151. The topological polar surface area (TPSA) is 102 Å². The highest BCUT2D eigenvalue weighted by Crippen LogP contribution is 2.14. The summed E-state index contributed by atoms with van der Waals surface area (Å²) in [6.45, 7) is 8.28. The maximum atomic E-state index is 6.48. The molecule has 0 aliphatic carbocycles. The Hall–Kier alpha value is -0.260. The number of unbranched alkanes of at least 4 members (excludes halogenated alkanes) is 1. The summed E-state index contributed by atoms with van der Waals surface area (Å²) in [5.41, 5.74) is 16.5. The zero-order chi connectivity index (χ0) is 14.1. The molecule has 0 radical (unpaired) electrons. The van der Waals surface area contributed by atoms with Crippen LogP contribution in [-0.2, 0) is 0 Å². The second kappa shape index (κ2) is 8.78. The van der Waals surface area contributed by atoms with Gasteiger partial charge in [0, 0.05) is 11.1 Å². The number of nitrogens with one attached hydrogen (secondary N) is 1. The first-order valence-corrected chi connectivity index (χ1v) is 7.16. The molecule has 7 N–H and O–H groups in total. The van der Waals surface area contributed by atoms with E-state index in [2.05, 4.69) is 27.7 Å². The van der Waals surface area contributed by atoms with Gasteiger partial charge in [0.1, 0.15) is 0 Å². The van der Waals surface area contributed by atoms with Crippen LogP contribution in [0.3, 0.4) is 0 Å². The zero-order valence-electron chi connectivity index (χ0n) is 12.0. The molecule has 0 aliphatic rings. The van der Waals surface area contributed by atoms with Gasteiger partial charge < -0.3 is 17.2 Å². The summed E-state index contributed by atoms with van der Waals surface area (Å²) in [6, 6.07) is 0. The van der Waals surface area contributed by atoms with Crippen molar-refractivity contribution in [2.75, 3.05) is 6.26 Å². The number of rotatable bonds is 5. The van der Waals surface area contributed by atoms with Gasteiger partial charge in [0.05, 0.1) is 0 Å². The van der Waals surface area contributed by atoms with E-state index in [0.29, 0.717) is 0 Å². The van der Waals surface area contributed by atoms with Crippen LogP contribution in [0.5, 0.6) is 0 Å². The molecule has 5 heteroatoms. The summed E-state index contributed by atoms with van der Waals surface area (Å²) in [6.07, 6.45) is 6.31. The fourth-order valence-corrected chi connectivity index (χ4v) is 1.16. The van der Waals surface area contributed by atoms with Crippen LogP contribution in [0.15, 0.2) is 0 Å². The molecule has 0 saturated heterocycles. The van der Waals surface area contributed by atoms with Crippen LogP contribution in [0.25, 0.3) is 0 Å². The molecule has 0 bridgehead atoms. The molecule has 0 aromatic heterocycles. The number of hydrogen-bond acceptors (Lipinski definition) is 4. The molecule has 0 unspecified atom stereocenters. The van der Waals surface area contributed by atoms with Gasteiger partial charge in [-0.1, -0.05) is 24.6 Å². The summed E-state index contributed by atoms with van der Waals surface area (Å²) < 4.78 is 0. The summed E-state index contributed by atoms with van der Waals surface area (Å²) in [4.78, 5) is 0. The first-order chi connectivity index (χ1) is 7.48. The van der Waals surface area contributed by atoms with Crippen molar-refractivity contribution in [1.29, 1.82) is 5.41 Å². The molecule has 0 aromatic carbocycles. The van der Waals surface area contributed by atoms with Crippen molar-refractivity contribution in [2.45, 2.75) is 64.5 Å². The van der Waals surface area contributed by atoms with Crippen molar-refractivity contribution < 1.29 is 0 Å². The third-order valence-electron chi connectivity index (χ3n) is 2.11. The lowest BCUT2D eigenvalue weighted by Gasteiger charge is -2.21. The van der Waals surface area contributed by atoms with Gasteiger partial charge in [-0.15, -0.1) is 0 Å². The van der Waals surface area contributed by atoms with Crippen LogP contribution < -0.4 is 17.2 Å². The molecule has 0 spiro atoms. The SMILES string of the molecule is CC(C)(N)CCCCC(C)(C)N.CSC(=N)N. The minimum Gasteiger partial charge on any atom is -0.379 e. The highest BCUT2D eigenvalue weighted by atomic mass is 32.2. The predicted octanol–water partition coefficient (Wildman–Crippen LogP) is 2.26. The number of amidine groups is 1. The first kappa shape index (κ1) is 19.1. The third kappa shape index (κ3) is 25.8. The number of hydrogen-bond donors (Lipinski definition) is 4. The van der Waals surface area contributed by atoms with E-state index in [9.17, 15) is 0 Å². The molecule has 0 heterocycles. The molecule has 0 amide bonds. The predicted molar refractivity (Wildman–Crippen MR) is 80.4 cm³/mol. The van der Waals surface area contributed by atoms with Gasteiger partial charge in [0.15, 0.2) is 5.17 Å². The van der Waals surface area contributed by atoms with E-state index in [1.165, 1.54) is 24.6 Å². The maximum absolute atomic E-state index is 6.48. The van der Waals surface area contributed by atoms with E-state index in [0.717, 1.165) is 12.8 Å². The number of thioether (sulfide) groups is 1. The van der Waals surface area contributed by atoms with E-state index in [4.69, 9.17) is 22.6 Å². The van der Waals surface area contributed by atoms with Gasteiger partial charge in [-0.25, -0.2) is 0 Å². The van der Waals surface area contributed by atoms with E-state index in [1.54, 1.807) is 6.26 Å². The van der Waals surface area contributed by atoms with E-state index in [-0.39, 0.29) is 16.2 Å². The van der Waals surface area contributed by atoms with Crippen molar-refractivity contribution >= 4 is 16.9 Å². The van der Waals surface area contributed by atoms with E-state index < -0.39 is 0 Å². The Kier molecular flexibility index (Phi) is 9.85. The Balaban J connectivity index is 0. The van der Waals surface area contributed by atoms with Crippen LogP contribution in [0.1, 0.15) is 53.4 Å². The Morgan fingerprint density at radius 3 is 1.35 bits per heavy atom. The van der Waals surface area contributed by atoms with Gasteiger partial charge >= 0.3 is 0 Å². The molecule has 0 aromatic rings. The van der Waals surface area contributed by atoms with Crippen molar-refractivity contribution in [3.8, 4) is 0 Å². The molecule has 0 saturated carbocycles. The minimum atomic E-state index is -0.0151. The second-order valence-electron chi connectivity index (χ2n) is 5.75. The highest BCUT2D eigenvalue weighted by Gasteiger charge is 2.12. The van der Waals surface area contributed by atoms with Gasteiger partial charge in [-0.3, -0.25) is 5.41 Å². The van der Waals surface area contributed by atoms with Gasteiger partial charge in [0.2, 0.25) is 0 Å². The van der Waals surface area contributed by atoms with Crippen molar-refractivity contribution in [1.82, 2.24) is 0 Å². The van der Waals surface area contributed by atoms with Gasteiger partial charge in [-0.2, -0.15) is 0 Å². The lowest BCUT2D eigenvalue weighted by molar-refractivity contribution is 0.403. The highest BCUT2D eigenvalue weighted by molar-refractivity contribution is 8.13.